The highest BCUT2D eigenvalue weighted by molar-refractivity contribution is 7.46. The van der Waals surface area contributed by atoms with E-state index in [9.17, 15) is 14.2 Å². The third-order valence-electron chi connectivity index (χ3n) is 11.1. The number of unbranched alkanes of at least 4 members (excludes halogenated alkanes) is 36. The van der Waals surface area contributed by atoms with Gasteiger partial charge in [-0.05, 0) is 12.8 Å². The second-order valence-electron chi connectivity index (χ2n) is 16.8. The van der Waals surface area contributed by atoms with Crippen molar-refractivity contribution in [2.75, 3.05) is 13.2 Å². The SMILES string of the molecule is CCCCCCCCCCCCCCCCCCCCCC(=O)OC[C@H](COP(=O)(O)O)OC(=O)CCCCCCCCCCCCCCCCCCCCC. The summed E-state index contributed by atoms with van der Waals surface area (Å²) in [5, 5.41) is 0. The number of hydrogen-bond acceptors (Lipinski definition) is 6. The van der Waals surface area contributed by atoms with Crippen LogP contribution >= 0.6 is 7.82 Å². The molecule has 0 aromatic carbocycles. The quantitative estimate of drug-likeness (QED) is 0.0354. The number of carbonyl (C=O) groups is 2. The summed E-state index contributed by atoms with van der Waals surface area (Å²) in [6, 6.07) is 0. The minimum atomic E-state index is -4.75. The molecule has 1 atom stereocenters. The Balaban J connectivity index is 3.78. The predicted octanol–water partition coefficient (Wildman–Crippen LogP) is 15.2. The lowest BCUT2D eigenvalue weighted by Gasteiger charge is -2.18. The number of hydrogen-bond donors (Lipinski definition) is 2. The van der Waals surface area contributed by atoms with Crippen molar-refractivity contribution >= 4 is 19.8 Å². The third-order valence-corrected chi connectivity index (χ3v) is 11.6. The predicted molar refractivity (Wildman–Crippen MR) is 235 cm³/mol. The first kappa shape index (κ1) is 55.0. The van der Waals surface area contributed by atoms with Crippen molar-refractivity contribution < 1.29 is 37.9 Å². The van der Waals surface area contributed by atoms with Crippen LogP contribution in [0.25, 0.3) is 0 Å². The Morgan fingerprint density at radius 1 is 0.393 bits per heavy atom. The van der Waals surface area contributed by atoms with Crippen LogP contribution in [0.1, 0.15) is 271 Å². The van der Waals surface area contributed by atoms with Gasteiger partial charge in [-0.2, -0.15) is 0 Å². The van der Waals surface area contributed by atoms with E-state index in [0.717, 1.165) is 32.1 Å². The van der Waals surface area contributed by atoms with Crippen LogP contribution in [0.4, 0.5) is 0 Å². The molecule has 9 heteroatoms. The topological polar surface area (TPSA) is 119 Å². The van der Waals surface area contributed by atoms with Crippen molar-refractivity contribution in [3.63, 3.8) is 0 Å². The van der Waals surface area contributed by atoms with Gasteiger partial charge in [-0.1, -0.05) is 245 Å². The molecule has 0 bridgehead atoms. The molecule has 2 N–H and O–H groups in total. The summed E-state index contributed by atoms with van der Waals surface area (Å²) < 4.78 is 26.5. The van der Waals surface area contributed by atoms with E-state index in [1.54, 1.807) is 0 Å². The van der Waals surface area contributed by atoms with Crippen LogP contribution in [-0.4, -0.2) is 41.0 Å². The van der Waals surface area contributed by atoms with Crippen LogP contribution in [0.5, 0.6) is 0 Å². The monoisotopic (exact) mass is 817 g/mol. The number of rotatable bonds is 46. The number of carbonyl (C=O) groups excluding carboxylic acids is 2. The van der Waals surface area contributed by atoms with E-state index < -0.39 is 32.5 Å². The largest absolute Gasteiger partial charge is 0.469 e. The molecule has 56 heavy (non-hydrogen) atoms. The molecular weight excluding hydrogens is 723 g/mol. The Kier molecular flexibility index (Phi) is 42.9. The highest BCUT2D eigenvalue weighted by Crippen LogP contribution is 2.36. The zero-order valence-corrected chi connectivity index (χ0v) is 38.0. The van der Waals surface area contributed by atoms with Crippen molar-refractivity contribution in [2.45, 2.75) is 277 Å². The van der Waals surface area contributed by atoms with Gasteiger partial charge >= 0.3 is 19.8 Å². The van der Waals surface area contributed by atoms with Gasteiger partial charge in [0.05, 0.1) is 6.61 Å². The van der Waals surface area contributed by atoms with Gasteiger partial charge in [-0.15, -0.1) is 0 Å². The molecule has 8 nitrogen and oxygen atoms in total. The standard InChI is InChI=1S/C47H93O8P/c1-3-5-7-9-11-13-15-17-19-21-23-25-27-29-31-33-35-37-39-41-46(48)53-43-45(44-54-56(50,51)52)55-47(49)42-40-38-36-34-32-30-28-26-24-22-20-18-16-14-12-10-8-6-4-2/h45H,3-44H2,1-2H3,(H2,50,51,52)/t45-/m1/s1. The maximum absolute atomic E-state index is 12.5. The first-order valence-corrected chi connectivity index (χ1v) is 25.9. The molecule has 0 aliphatic rings. The molecule has 0 aromatic rings. The highest BCUT2D eigenvalue weighted by atomic mass is 31.2. The third kappa shape index (κ3) is 45.7. The maximum Gasteiger partial charge on any atom is 0.469 e. The van der Waals surface area contributed by atoms with Crippen molar-refractivity contribution in [3.05, 3.63) is 0 Å². The Morgan fingerprint density at radius 3 is 0.911 bits per heavy atom. The fourth-order valence-corrected chi connectivity index (χ4v) is 7.86. The second-order valence-corrected chi connectivity index (χ2v) is 18.0. The Morgan fingerprint density at radius 2 is 0.643 bits per heavy atom. The summed E-state index contributed by atoms with van der Waals surface area (Å²) in [5.74, 6) is -0.862. The minimum absolute atomic E-state index is 0.221. The van der Waals surface area contributed by atoms with E-state index in [1.807, 2.05) is 0 Å². The lowest BCUT2D eigenvalue weighted by atomic mass is 10.0. The van der Waals surface area contributed by atoms with Gasteiger partial charge < -0.3 is 19.3 Å². The normalized spacial score (nSPS) is 12.3. The first-order chi connectivity index (χ1) is 27.3. The molecule has 0 spiro atoms. The van der Waals surface area contributed by atoms with E-state index in [0.29, 0.717) is 6.42 Å². The highest BCUT2D eigenvalue weighted by Gasteiger charge is 2.23. The second kappa shape index (κ2) is 43.6. The maximum atomic E-state index is 12.5. The summed E-state index contributed by atoms with van der Waals surface area (Å²) in [7, 11) is -4.75. The van der Waals surface area contributed by atoms with Crippen molar-refractivity contribution in [1.29, 1.82) is 0 Å². The molecule has 0 unspecified atom stereocenters. The van der Waals surface area contributed by atoms with Gasteiger partial charge in [0.25, 0.3) is 0 Å². The van der Waals surface area contributed by atoms with Crippen LogP contribution in [0.3, 0.4) is 0 Å². The van der Waals surface area contributed by atoms with Crippen LogP contribution in [0.2, 0.25) is 0 Å². The molecule has 0 heterocycles. The smallest absolute Gasteiger partial charge is 0.462 e. The van der Waals surface area contributed by atoms with E-state index in [2.05, 4.69) is 18.4 Å². The van der Waals surface area contributed by atoms with E-state index in [4.69, 9.17) is 19.3 Å². The first-order valence-electron chi connectivity index (χ1n) is 24.3. The lowest BCUT2D eigenvalue weighted by Crippen LogP contribution is -2.29. The van der Waals surface area contributed by atoms with Crippen molar-refractivity contribution in [2.24, 2.45) is 0 Å². The van der Waals surface area contributed by atoms with Gasteiger partial charge in [0, 0.05) is 12.8 Å². The van der Waals surface area contributed by atoms with Gasteiger partial charge in [-0.25, -0.2) is 4.57 Å². The summed E-state index contributed by atoms with van der Waals surface area (Å²) in [5.41, 5.74) is 0. The molecule has 0 rings (SSSR count). The zero-order chi connectivity index (χ0) is 41.1. The van der Waals surface area contributed by atoms with Crippen LogP contribution in [0, 0.1) is 0 Å². The zero-order valence-electron chi connectivity index (χ0n) is 37.1. The van der Waals surface area contributed by atoms with Crippen molar-refractivity contribution in [1.82, 2.24) is 0 Å². The molecule has 334 valence electrons. The number of phosphoric acid groups is 1. The number of phosphoric ester groups is 1. The molecule has 0 amide bonds. The molecule has 0 fully saturated rings. The lowest BCUT2D eigenvalue weighted by molar-refractivity contribution is -0.161. The number of esters is 2. The minimum Gasteiger partial charge on any atom is -0.462 e. The van der Waals surface area contributed by atoms with Crippen LogP contribution in [0.15, 0.2) is 0 Å². The van der Waals surface area contributed by atoms with Crippen LogP contribution in [-0.2, 0) is 28.2 Å². The number of ether oxygens (including phenoxy) is 2. The molecule has 0 saturated carbocycles. The van der Waals surface area contributed by atoms with Gasteiger partial charge in [-0.3, -0.25) is 14.1 Å². The molecule has 0 radical (unpaired) electrons. The fourth-order valence-electron chi connectivity index (χ4n) is 7.49. The Labute approximate surface area is 346 Å². The summed E-state index contributed by atoms with van der Waals surface area (Å²) in [4.78, 5) is 43.0. The van der Waals surface area contributed by atoms with E-state index in [1.165, 1.54) is 205 Å². The summed E-state index contributed by atoms with van der Waals surface area (Å²) in [6.07, 6.45) is 48.3. The van der Waals surface area contributed by atoms with Gasteiger partial charge in [0.15, 0.2) is 6.10 Å². The molecule has 0 aliphatic carbocycles. The van der Waals surface area contributed by atoms with Gasteiger partial charge in [0.1, 0.15) is 6.61 Å². The summed E-state index contributed by atoms with van der Waals surface area (Å²) >= 11 is 0. The van der Waals surface area contributed by atoms with Crippen LogP contribution < -0.4 is 0 Å². The fraction of sp³-hybridized carbons (Fsp3) is 0.957. The van der Waals surface area contributed by atoms with E-state index >= 15 is 0 Å². The van der Waals surface area contributed by atoms with Gasteiger partial charge in [0.2, 0.25) is 0 Å². The molecule has 0 aliphatic heterocycles. The Hall–Kier alpha value is -0.950. The summed E-state index contributed by atoms with van der Waals surface area (Å²) in [6.45, 7) is 3.75. The molecule has 0 aromatic heterocycles. The van der Waals surface area contributed by atoms with E-state index in [-0.39, 0.29) is 19.4 Å². The van der Waals surface area contributed by atoms with Crippen molar-refractivity contribution in [3.8, 4) is 0 Å². The average molecular weight is 817 g/mol. The Bertz CT molecular complexity index is 878. The molecule has 0 saturated heterocycles. The average Bonchev–Trinajstić information content (AvgIpc) is 3.17. The molecular formula is C47H93O8P.